The Labute approximate surface area is 156 Å². The maximum absolute atomic E-state index is 12.5. The zero-order valence-electron chi connectivity index (χ0n) is 15.0. The van der Waals surface area contributed by atoms with Gasteiger partial charge in [-0.1, -0.05) is 55.5 Å². The molecule has 0 fully saturated rings. The number of amides is 1. The van der Waals surface area contributed by atoms with Crippen molar-refractivity contribution >= 4 is 24.0 Å². The number of benzene rings is 2. The highest BCUT2D eigenvalue weighted by atomic mass is 35.5. The van der Waals surface area contributed by atoms with Crippen LogP contribution in [0.15, 0.2) is 48.5 Å². The van der Waals surface area contributed by atoms with Gasteiger partial charge in [0.2, 0.25) is 5.91 Å². The fourth-order valence-electron chi connectivity index (χ4n) is 2.82. The van der Waals surface area contributed by atoms with Gasteiger partial charge in [-0.25, -0.2) is 0 Å². The van der Waals surface area contributed by atoms with E-state index in [4.69, 9.17) is 5.73 Å². The number of nitrogens with one attached hydrogen (secondary N) is 1. The van der Waals surface area contributed by atoms with E-state index < -0.39 is 0 Å². The van der Waals surface area contributed by atoms with E-state index in [9.17, 15) is 4.79 Å². The number of carbonyl (C=O) groups excluding carboxylic acids is 1. The zero-order valence-corrected chi connectivity index (χ0v) is 15.8. The first-order chi connectivity index (χ1) is 11.6. The van der Waals surface area contributed by atoms with Crippen LogP contribution in [0.5, 0.6) is 0 Å². The molecular weight excluding hydrogens is 334 g/mol. The van der Waals surface area contributed by atoms with Crippen molar-refractivity contribution in [3.8, 4) is 0 Å². The van der Waals surface area contributed by atoms with E-state index in [0.717, 1.165) is 29.8 Å². The third-order valence-electron chi connectivity index (χ3n) is 4.07. The van der Waals surface area contributed by atoms with Crippen molar-refractivity contribution in [3.05, 3.63) is 65.2 Å². The first-order valence-corrected chi connectivity index (χ1v) is 8.48. The third kappa shape index (κ3) is 6.50. The van der Waals surface area contributed by atoms with Crippen LogP contribution in [0.25, 0.3) is 0 Å². The molecule has 3 N–H and O–H groups in total. The lowest BCUT2D eigenvalue weighted by Crippen LogP contribution is -2.36. The SMILES string of the molecule is CCc1cccc(C)c1NC(=O)CN(CCN)Cc1ccccc1.Cl. The summed E-state index contributed by atoms with van der Waals surface area (Å²) in [4.78, 5) is 14.6. The molecule has 0 aliphatic carbocycles. The fourth-order valence-corrected chi connectivity index (χ4v) is 2.82. The molecule has 0 saturated carbocycles. The quantitative estimate of drug-likeness (QED) is 0.757. The Morgan fingerprint density at radius 3 is 2.48 bits per heavy atom. The van der Waals surface area contributed by atoms with Crippen molar-refractivity contribution in [1.29, 1.82) is 0 Å². The molecule has 0 radical (unpaired) electrons. The summed E-state index contributed by atoms with van der Waals surface area (Å²) in [5.74, 6) is 0.00313. The second-order valence-electron chi connectivity index (χ2n) is 6.00. The molecule has 0 saturated heterocycles. The Balaban J connectivity index is 0.00000312. The minimum atomic E-state index is 0. The summed E-state index contributed by atoms with van der Waals surface area (Å²) in [6, 6.07) is 16.3. The number of aryl methyl sites for hydroxylation is 2. The molecule has 25 heavy (non-hydrogen) atoms. The first-order valence-electron chi connectivity index (χ1n) is 8.48. The summed E-state index contributed by atoms with van der Waals surface area (Å²) in [5.41, 5.74) is 10.1. The van der Waals surface area contributed by atoms with E-state index in [1.807, 2.05) is 37.3 Å². The number of halogens is 1. The predicted octanol–water partition coefficient (Wildman–Crippen LogP) is 3.38. The van der Waals surface area contributed by atoms with Gasteiger partial charge >= 0.3 is 0 Å². The van der Waals surface area contributed by atoms with E-state index >= 15 is 0 Å². The fraction of sp³-hybridized carbons (Fsp3) is 0.350. The number of rotatable bonds is 8. The zero-order chi connectivity index (χ0) is 17.4. The summed E-state index contributed by atoms with van der Waals surface area (Å²) >= 11 is 0. The van der Waals surface area contributed by atoms with E-state index in [2.05, 4.69) is 35.3 Å². The van der Waals surface area contributed by atoms with Gasteiger partial charge in [-0.05, 0) is 30.0 Å². The molecule has 2 aromatic carbocycles. The number of hydrogen-bond donors (Lipinski definition) is 2. The van der Waals surface area contributed by atoms with Crippen LogP contribution in [-0.4, -0.2) is 30.4 Å². The molecule has 2 rings (SSSR count). The lowest BCUT2D eigenvalue weighted by Gasteiger charge is -2.22. The summed E-state index contributed by atoms with van der Waals surface area (Å²) in [5, 5.41) is 3.08. The minimum absolute atomic E-state index is 0. The van der Waals surface area contributed by atoms with Gasteiger partial charge in [-0.2, -0.15) is 0 Å². The molecule has 0 bridgehead atoms. The van der Waals surface area contributed by atoms with E-state index in [1.54, 1.807) is 0 Å². The normalized spacial score (nSPS) is 10.4. The topological polar surface area (TPSA) is 58.4 Å². The standard InChI is InChI=1S/C20H27N3O.ClH/c1-3-18-11-7-8-16(2)20(18)22-19(24)15-23(13-12-21)14-17-9-5-4-6-10-17;/h4-11H,3,12-15,21H2,1-2H3,(H,22,24);1H. The van der Waals surface area contributed by atoms with Crippen molar-refractivity contribution in [2.75, 3.05) is 25.0 Å². The van der Waals surface area contributed by atoms with Crippen molar-refractivity contribution in [2.45, 2.75) is 26.8 Å². The van der Waals surface area contributed by atoms with Crippen LogP contribution in [0.3, 0.4) is 0 Å². The molecule has 0 aliphatic heterocycles. The Hall–Kier alpha value is -1.88. The number of nitrogens with two attached hydrogens (primary N) is 1. The van der Waals surface area contributed by atoms with Crippen molar-refractivity contribution in [1.82, 2.24) is 4.90 Å². The Morgan fingerprint density at radius 1 is 1.12 bits per heavy atom. The highest BCUT2D eigenvalue weighted by molar-refractivity contribution is 5.93. The maximum atomic E-state index is 12.5. The second kappa shape index (κ2) is 10.9. The van der Waals surface area contributed by atoms with Crippen LogP contribution in [-0.2, 0) is 17.8 Å². The molecule has 2 aromatic rings. The molecule has 0 aromatic heterocycles. The van der Waals surface area contributed by atoms with Crippen LogP contribution < -0.4 is 11.1 Å². The Kier molecular flexibility index (Phi) is 9.21. The molecule has 5 heteroatoms. The lowest BCUT2D eigenvalue weighted by molar-refractivity contribution is -0.117. The van der Waals surface area contributed by atoms with Gasteiger partial charge in [0.05, 0.1) is 6.54 Å². The Bertz CT molecular complexity index is 661. The second-order valence-corrected chi connectivity index (χ2v) is 6.00. The molecule has 0 heterocycles. The van der Waals surface area contributed by atoms with Crippen molar-refractivity contribution < 1.29 is 4.79 Å². The summed E-state index contributed by atoms with van der Waals surface area (Å²) in [6.07, 6.45) is 0.897. The molecule has 1 amide bonds. The monoisotopic (exact) mass is 361 g/mol. The van der Waals surface area contributed by atoms with Gasteiger partial charge in [0.15, 0.2) is 0 Å². The maximum Gasteiger partial charge on any atom is 0.238 e. The number of anilines is 1. The van der Waals surface area contributed by atoms with Crippen LogP contribution in [0.4, 0.5) is 5.69 Å². The lowest BCUT2D eigenvalue weighted by atomic mass is 10.1. The molecule has 0 aliphatic rings. The third-order valence-corrected chi connectivity index (χ3v) is 4.07. The van der Waals surface area contributed by atoms with Crippen LogP contribution in [0, 0.1) is 6.92 Å². The number of para-hydroxylation sites is 1. The number of carbonyl (C=O) groups is 1. The van der Waals surface area contributed by atoms with E-state index in [-0.39, 0.29) is 18.3 Å². The van der Waals surface area contributed by atoms with Gasteiger partial charge in [0.1, 0.15) is 0 Å². The van der Waals surface area contributed by atoms with Crippen LogP contribution in [0.1, 0.15) is 23.6 Å². The summed E-state index contributed by atoms with van der Waals surface area (Å²) < 4.78 is 0. The summed E-state index contributed by atoms with van der Waals surface area (Å²) in [7, 11) is 0. The summed E-state index contributed by atoms with van der Waals surface area (Å²) in [6.45, 7) is 6.40. The molecule has 0 unspecified atom stereocenters. The highest BCUT2D eigenvalue weighted by Gasteiger charge is 2.13. The van der Waals surface area contributed by atoms with Gasteiger partial charge in [-0.3, -0.25) is 9.69 Å². The predicted molar refractivity (Wildman–Crippen MR) is 107 cm³/mol. The molecular formula is C20H28ClN3O. The van der Waals surface area contributed by atoms with E-state index in [1.165, 1.54) is 5.56 Å². The average Bonchev–Trinajstić information content (AvgIpc) is 2.58. The van der Waals surface area contributed by atoms with Crippen molar-refractivity contribution in [2.24, 2.45) is 5.73 Å². The molecule has 4 nitrogen and oxygen atoms in total. The average molecular weight is 362 g/mol. The minimum Gasteiger partial charge on any atom is -0.329 e. The van der Waals surface area contributed by atoms with Gasteiger partial charge in [-0.15, -0.1) is 12.4 Å². The molecule has 136 valence electrons. The van der Waals surface area contributed by atoms with E-state index in [0.29, 0.717) is 19.6 Å². The highest BCUT2D eigenvalue weighted by Crippen LogP contribution is 2.21. The van der Waals surface area contributed by atoms with Crippen LogP contribution >= 0.6 is 12.4 Å². The molecule has 0 atom stereocenters. The Morgan fingerprint density at radius 2 is 1.84 bits per heavy atom. The van der Waals surface area contributed by atoms with Crippen molar-refractivity contribution in [3.63, 3.8) is 0 Å². The largest absolute Gasteiger partial charge is 0.329 e. The molecule has 0 spiro atoms. The first kappa shape index (κ1) is 21.2. The van der Waals surface area contributed by atoms with Crippen LogP contribution in [0.2, 0.25) is 0 Å². The smallest absolute Gasteiger partial charge is 0.238 e. The van der Waals surface area contributed by atoms with Gasteiger partial charge in [0.25, 0.3) is 0 Å². The number of nitrogens with zero attached hydrogens (tertiary/aromatic N) is 1. The van der Waals surface area contributed by atoms with Gasteiger partial charge in [0, 0.05) is 25.3 Å². The number of hydrogen-bond acceptors (Lipinski definition) is 3. The van der Waals surface area contributed by atoms with Gasteiger partial charge < -0.3 is 11.1 Å².